The molecule has 0 aliphatic carbocycles. The quantitative estimate of drug-likeness (QED) is 0.742. The summed E-state index contributed by atoms with van der Waals surface area (Å²) in [7, 11) is 0. The summed E-state index contributed by atoms with van der Waals surface area (Å²) in [5.41, 5.74) is 4.57. The largest absolute Gasteiger partial charge is 0.256 e. The zero-order valence-electron chi connectivity index (χ0n) is 12.0. The van der Waals surface area contributed by atoms with Crippen molar-refractivity contribution in [2.24, 2.45) is 0 Å². The molecule has 106 valence electrons. The molecule has 1 aromatic carbocycles. The van der Waals surface area contributed by atoms with E-state index in [4.69, 9.17) is 5.26 Å². The molecule has 0 amide bonds. The van der Waals surface area contributed by atoms with E-state index in [1.807, 2.05) is 37.3 Å². The molecular formula is C17H13N5. The van der Waals surface area contributed by atoms with Crippen molar-refractivity contribution in [3.8, 4) is 11.8 Å². The molecule has 0 bridgehead atoms. The van der Waals surface area contributed by atoms with Gasteiger partial charge in [-0.25, -0.2) is 9.67 Å². The van der Waals surface area contributed by atoms with Crippen LogP contribution in [0.15, 0.2) is 49.2 Å². The first-order valence-corrected chi connectivity index (χ1v) is 6.76. The summed E-state index contributed by atoms with van der Waals surface area (Å²) < 4.78 is 1.74. The highest BCUT2D eigenvalue weighted by atomic mass is 15.3. The van der Waals surface area contributed by atoms with E-state index in [2.05, 4.69) is 27.2 Å². The average molecular weight is 287 g/mol. The zero-order valence-corrected chi connectivity index (χ0v) is 12.0. The highest BCUT2D eigenvalue weighted by Crippen LogP contribution is 2.16. The Kier molecular flexibility index (Phi) is 3.75. The highest BCUT2D eigenvalue weighted by molar-refractivity contribution is 5.69. The molecule has 0 saturated carbocycles. The summed E-state index contributed by atoms with van der Waals surface area (Å²) in [6.45, 7) is 2.04. The van der Waals surface area contributed by atoms with E-state index in [1.165, 1.54) is 6.33 Å². The fraction of sp³-hybridized carbons (Fsp3) is 0.0588. The molecular weight excluding hydrogens is 274 g/mol. The van der Waals surface area contributed by atoms with Gasteiger partial charge in [-0.05, 0) is 48.4 Å². The number of benzene rings is 1. The number of nitriles is 1. The number of pyridine rings is 1. The number of hydrogen-bond acceptors (Lipinski definition) is 4. The van der Waals surface area contributed by atoms with Gasteiger partial charge in [-0.1, -0.05) is 12.1 Å². The van der Waals surface area contributed by atoms with Crippen LogP contribution in [0.1, 0.15) is 22.4 Å². The number of nitrogens with zero attached hydrogens (tertiary/aromatic N) is 5. The standard InChI is InChI=1S/C17H13N5/c1-13-8-14(4-7-17(13)22-12-19-11-21-22)2-5-16-6-3-15(9-18)10-20-16/h2-8,10-12H,1H3. The second kappa shape index (κ2) is 6.02. The smallest absolute Gasteiger partial charge is 0.138 e. The minimum atomic E-state index is 0.560. The molecule has 0 saturated heterocycles. The highest BCUT2D eigenvalue weighted by Gasteiger charge is 2.01. The Labute approximate surface area is 128 Å². The van der Waals surface area contributed by atoms with E-state index in [1.54, 1.807) is 23.3 Å². The Morgan fingerprint density at radius 3 is 2.73 bits per heavy atom. The molecule has 22 heavy (non-hydrogen) atoms. The molecule has 3 aromatic rings. The summed E-state index contributed by atoms with van der Waals surface area (Å²) >= 11 is 0. The monoisotopic (exact) mass is 287 g/mol. The summed E-state index contributed by atoms with van der Waals surface area (Å²) in [6.07, 6.45) is 8.68. The van der Waals surface area contributed by atoms with E-state index in [-0.39, 0.29) is 0 Å². The van der Waals surface area contributed by atoms with Crippen LogP contribution in [0.25, 0.3) is 17.8 Å². The molecule has 5 nitrogen and oxygen atoms in total. The fourth-order valence-corrected chi connectivity index (χ4v) is 2.12. The van der Waals surface area contributed by atoms with Gasteiger partial charge in [-0.2, -0.15) is 10.4 Å². The van der Waals surface area contributed by atoms with Crippen molar-refractivity contribution in [1.29, 1.82) is 5.26 Å². The first-order valence-electron chi connectivity index (χ1n) is 6.76. The normalized spacial score (nSPS) is 10.7. The minimum Gasteiger partial charge on any atom is -0.256 e. The van der Waals surface area contributed by atoms with Crippen molar-refractivity contribution < 1.29 is 0 Å². The molecule has 2 aromatic heterocycles. The van der Waals surface area contributed by atoms with E-state index in [0.29, 0.717) is 5.56 Å². The Morgan fingerprint density at radius 1 is 1.18 bits per heavy atom. The summed E-state index contributed by atoms with van der Waals surface area (Å²) in [6, 6.07) is 11.7. The summed E-state index contributed by atoms with van der Waals surface area (Å²) in [4.78, 5) is 8.17. The summed E-state index contributed by atoms with van der Waals surface area (Å²) in [5, 5.41) is 12.9. The minimum absolute atomic E-state index is 0.560. The van der Waals surface area contributed by atoms with Crippen LogP contribution in [-0.4, -0.2) is 19.7 Å². The molecule has 0 atom stereocenters. The Balaban J connectivity index is 1.82. The van der Waals surface area contributed by atoms with Crippen molar-refractivity contribution in [2.75, 3.05) is 0 Å². The van der Waals surface area contributed by atoms with Crippen LogP contribution >= 0.6 is 0 Å². The van der Waals surface area contributed by atoms with Crippen molar-refractivity contribution in [3.63, 3.8) is 0 Å². The maximum Gasteiger partial charge on any atom is 0.138 e. The van der Waals surface area contributed by atoms with E-state index in [0.717, 1.165) is 22.5 Å². The van der Waals surface area contributed by atoms with Gasteiger partial charge in [0, 0.05) is 6.20 Å². The maximum atomic E-state index is 8.75. The van der Waals surface area contributed by atoms with Gasteiger partial charge in [-0.15, -0.1) is 0 Å². The number of rotatable bonds is 3. The molecule has 0 spiro atoms. The Bertz CT molecular complexity index is 840. The second-order valence-corrected chi connectivity index (χ2v) is 4.80. The third-order valence-corrected chi connectivity index (χ3v) is 3.25. The second-order valence-electron chi connectivity index (χ2n) is 4.80. The van der Waals surface area contributed by atoms with Crippen LogP contribution in [0.4, 0.5) is 0 Å². The molecule has 2 heterocycles. The Hall–Kier alpha value is -3.26. The molecule has 0 N–H and O–H groups in total. The predicted molar refractivity (Wildman–Crippen MR) is 84.0 cm³/mol. The summed E-state index contributed by atoms with van der Waals surface area (Å²) in [5.74, 6) is 0. The molecule has 0 fully saturated rings. The first kappa shape index (κ1) is 13.7. The molecule has 0 unspecified atom stereocenters. The van der Waals surface area contributed by atoms with Gasteiger partial charge >= 0.3 is 0 Å². The van der Waals surface area contributed by atoms with Crippen molar-refractivity contribution in [2.45, 2.75) is 6.92 Å². The fourth-order valence-electron chi connectivity index (χ4n) is 2.12. The van der Waals surface area contributed by atoms with Gasteiger partial charge in [-0.3, -0.25) is 4.98 Å². The lowest BCUT2D eigenvalue weighted by atomic mass is 10.1. The van der Waals surface area contributed by atoms with Gasteiger partial charge < -0.3 is 0 Å². The molecule has 0 aliphatic heterocycles. The van der Waals surface area contributed by atoms with Crippen LogP contribution in [0.5, 0.6) is 0 Å². The van der Waals surface area contributed by atoms with Gasteiger partial charge in [0.1, 0.15) is 18.7 Å². The number of aryl methyl sites for hydroxylation is 1. The topological polar surface area (TPSA) is 67.4 Å². The SMILES string of the molecule is Cc1cc(C=Cc2ccc(C#N)cn2)ccc1-n1cncn1. The van der Waals surface area contributed by atoms with Gasteiger partial charge in [0.05, 0.1) is 16.9 Å². The number of hydrogen-bond donors (Lipinski definition) is 0. The van der Waals surface area contributed by atoms with Gasteiger partial charge in [0.25, 0.3) is 0 Å². The first-order chi connectivity index (χ1) is 10.8. The molecule has 5 heteroatoms. The lowest BCUT2D eigenvalue weighted by Gasteiger charge is -2.05. The predicted octanol–water partition coefficient (Wildman–Crippen LogP) is 3.01. The third-order valence-electron chi connectivity index (χ3n) is 3.25. The lowest BCUT2D eigenvalue weighted by Crippen LogP contribution is -1.97. The van der Waals surface area contributed by atoms with Crippen LogP contribution < -0.4 is 0 Å². The third kappa shape index (κ3) is 2.91. The molecule has 3 rings (SSSR count). The maximum absolute atomic E-state index is 8.75. The molecule has 0 radical (unpaired) electrons. The van der Waals surface area contributed by atoms with Gasteiger partial charge in [0.2, 0.25) is 0 Å². The van der Waals surface area contributed by atoms with E-state index in [9.17, 15) is 0 Å². The van der Waals surface area contributed by atoms with E-state index >= 15 is 0 Å². The van der Waals surface area contributed by atoms with Crippen LogP contribution in [0.2, 0.25) is 0 Å². The average Bonchev–Trinajstić information content (AvgIpc) is 3.07. The van der Waals surface area contributed by atoms with Crippen molar-refractivity contribution >= 4 is 12.2 Å². The van der Waals surface area contributed by atoms with Crippen LogP contribution in [0.3, 0.4) is 0 Å². The Morgan fingerprint density at radius 2 is 2.09 bits per heavy atom. The lowest BCUT2D eigenvalue weighted by molar-refractivity contribution is 0.871. The van der Waals surface area contributed by atoms with E-state index < -0.39 is 0 Å². The van der Waals surface area contributed by atoms with Crippen molar-refractivity contribution in [3.05, 3.63) is 71.6 Å². The van der Waals surface area contributed by atoms with Gasteiger partial charge in [0.15, 0.2) is 0 Å². The van der Waals surface area contributed by atoms with Crippen molar-refractivity contribution in [1.82, 2.24) is 19.7 Å². The molecule has 0 aliphatic rings. The number of aromatic nitrogens is 4. The van der Waals surface area contributed by atoms with Crippen LogP contribution in [0, 0.1) is 18.3 Å². The van der Waals surface area contributed by atoms with Crippen LogP contribution in [-0.2, 0) is 0 Å². The zero-order chi connectivity index (χ0) is 15.4.